The molecular formula is C18H23ClN4O2S. The Balaban J connectivity index is 1.82. The number of sulfonamides is 1. The predicted octanol–water partition coefficient (Wildman–Crippen LogP) is 2.16. The second kappa shape index (κ2) is 9.56. The van der Waals surface area contributed by atoms with E-state index in [0.29, 0.717) is 12.5 Å². The molecule has 0 fully saturated rings. The highest BCUT2D eigenvalue weighted by molar-refractivity contribution is 7.89. The molecule has 0 atom stereocenters. The van der Waals surface area contributed by atoms with Crippen molar-refractivity contribution >= 4 is 27.6 Å². The molecule has 0 unspecified atom stereocenters. The average molecular weight is 395 g/mol. The van der Waals surface area contributed by atoms with Crippen molar-refractivity contribution in [3.05, 3.63) is 64.7 Å². The van der Waals surface area contributed by atoms with Crippen molar-refractivity contribution < 1.29 is 8.42 Å². The molecule has 0 aromatic heterocycles. The first-order valence-corrected chi connectivity index (χ1v) is 10.0. The highest BCUT2D eigenvalue weighted by Crippen LogP contribution is 2.10. The van der Waals surface area contributed by atoms with Gasteiger partial charge in [-0.2, -0.15) is 0 Å². The summed E-state index contributed by atoms with van der Waals surface area (Å²) in [5.74, 6) is 0.686. The Labute approximate surface area is 159 Å². The number of nitrogens with zero attached hydrogens (tertiary/aromatic N) is 1. The molecule has 0 aliphatic heterocycles. The molecule has 2 aromatic carbocycles. The Morgan fingerprint density at radius 3 is 2.19 bits per heavy atom. The number of hydrogen-bond acceptors (Lipinski definition) is 3. The lowest BCUT2D eigenvalue weighted by Gasteiger charge is -2.12. The fraction of sp³-hybridized carbons (Fsp3) is 0.278. The van der Waals surface area contributed by atoms with Gasteiger partial charge < -0.3 is 10.6 Å². The first-order chi connectivity index (χ1) is 12.4. The van der Waals surface area contributed by atoms with Crippen LogP contribution in [0.4, 0.5) is 0 Å². The molecule has 0 aliphatic carbocycles. The molecule has 0 heterocycles. The topological polar surface area (TPSA) is 82.6 Å². The standard InChI is InChI=1S/C18H23ClN4O2S/c1-20-18(22-12-11-14-3-7-16(19)8-4-14)23-13-15-5-9-17(10-6-15)26(24,25)21-2/h3-10,21H,11-13H2,1-2H3,(H2,20,22,23). The van der Waals surface area contributed by atoms with Crippen LogP contribution in [0.2, 0.25) is 5.02 Å². The van der Waals surface area contributed by atoms with Crippen LogP contribution in [0.25, 0.3) is 0 Å². The number of nitrogens with one attached hydrogen (secondary N) is 3. The van der Waals surface area contributed by atoms with E-state index in [-0.39, 0.29) is 4.90 Å². The lowest BCUT2D eigenvalue weighted by molar-refractivity contribution is 0.588. The summed E-state index contributed by atoms with van der Waals surface area (Å²) in [5, 5.41) is 7.18. The second-order valence-corrected chi connectivity index (χ2v) is 7.90. The van der Waals surface area contributed by atoms with Crippen molar-refractivity contribution in [1.82, 2.24) is 15.4 Å². The summed E-state index contributed by atoms with van der Waals surface area (Å²) < 4.78 is 25.7. The fourth-order valence-corrected chi connectivity index (χ4v) is 3.14. The number of aliphatic imine (C=N–C) groups is 1. The van der Waals surface area contributed by atoms with Crippen LogP contribution in [-0.2, 0) is 23.0 Å². The molecule has 0 aliphatic rings. The van der Waals surface area contributed by atoms with Gasteiger partial charge in [0.2, 0.25) is 10.0 Å². The van der Waals surface area contributed by atoms with Crippen molar-refractivity contribution in [2.75, 3.05) is 20.6 Å². The molecule has 0 saturated carbocycles. The minimum Gasteiger partial charge on any atom is -0.356 e. The van der Waals surface area contributed by atoms with E-state index in [4.69, 9.17) is 11.6 Å². The third kappa shape index (κ3) is 6.01. The number of benzene rings is 2. The molecule has 0 spiro atoms. The van der Waals surface area contributed by atoms with E-state index >= 15 is 0 Å². The largest absolute Gasteiger partial charge is 0.356 e. The first kappa shape index (κ1) is 20.2. The summed E-state index contributed by atoms with van der Waals surface area (Å²) in [6.07, 6.45) is 0.856. The zero-order valence-electron chi connectivity index (χ0n) is 14.8. The molecule has 0 radical (unpaired) electrons. The van der Waals surface area contributed by atoms with Crippen LogP contribution in [0.1, 0.15) is 11.1 Å². The van der Waals surface area contributed by atoms with Gasteiger partial charge in [0.05, 0.1) is 4.90 Å². The van der Waals surface area contributed by atoms with E-state index in [2.05, 4.69) is 20.3 Å². The first-order valence-electron chi connectivity index (χ1n) is 8.16. The number of halogens is 1. The molecule has 2 aromatic rings. The lowest BCUT2D eigenvalue weighted by atomic mass is 10.1. The van der Waals surface area contributed by atoms with Crippen LogP contribution in [0.5, 0.6) is 0 Å². The van der Waals surface area contributed by atoms with E-state index in [9.17, 15) is 8.42 Å². The molecule has 3 N–H and O–H groups in total. The molecule has 140 valence electrons. The Morgan fingerprint density at radius 1 is 1.00 bits per heavy atom. The Hall–Kier alpha value is -2.09. The van der Waals surface area contributed by atoms with Crippen LogP contribution in [0.3, 0.4) is 0 Å². The van der Waals surface area contributed by atoms with Gasteiger partial charge in [0.25, 0.3) is 0 Å². The van der Waals surface area contributed by atoms with Crippen LogP contribution in [0.15, 0.2) is 58.4 Å². The van der Waals surface area contributed by atoms with E-state index in [1.807, 2.05) is 24.3 Å². The summed E-state index contributed by atoms with van der Waals surface area (Å²) in [4.78, 5) is 4.43. The molecule has 0 saturated heterocycles. The molecule has 26 heavy (non-hydrogen) atoms. The van der Waals surface area contributed by atoms with Gasteiger partial charge >= 0.3 is 0 Å². The minimum absolute atomic E-state index is 0.245. The van der Waals surface area contributed by atoms with Gasteiger partial charge in [-0.25, -0.2) is 13.1 Å². The maximum atomic E-state index is 11.7. The average Bonchev–Trinajstić information content (AvgIpc) is 2.66. The summed E-state index contributed by atoms with van der Waals surface area (Å²) in [6.45, 7) is 1.28. The summed E-state index contributed by atoms with van der Waals surface area (Å²) in [7, 11) is -0.305. The van der Waals surface area contributed by atoms with Gasteiger partial charge in [-0.1, -0.05) is 35.9 Å². The Morgan fingerprint density at radius 2 is 1.62 bits per heavy atom. The molecule has 0 amide bonds. The van der Waals surface area contributed by atoms with Gasteiger partial charge in [-0.05, 0) is 48.9 Å². The summed E-state index contributed by atoms with van der Waals surface area (Å²) in [5.41, 5.74) is 2.15. The van der Waals surface area contributed by atoms with Crippen molar-refractivity contribution in [3.63, 3.8) is 0 Å². The van der Waals surface area contributed by atoms with E-state index in [1.165, 1.54) is 12.6 Å². The summed E-state index contributed by atoms with van der Waals surface area (Å²) in [6, 6.07) is 14.5. The highest BCUT2D eigenvalue weighted by atomic mass is 35.5. The van der Waals surface area contributed by atoms with Gasteiger partial charge in [0, 0.05) is 25.2 Å². The lowest BCUT2D eigenvalue weighted by Crippen LogP contribution is -2.37. The predicted molar refractivity (Wildman–Crippen MR) is 106 cm³/mol. The Kier molecular flexibility index (Phi) is 7.44. The number of hydrogen-bond donors (Lipinski definition) is 3. The molecular weight excluding hydrogens is 372 g/mol. The maximum absolute atomic E-state index is 11.7. The van der Waals surface area contributed by atoms with E-state index in [0.717, 1.165) is 23.6 Å². The maximum Gasteiger partial charge on any atom is 0.240 e. The second-order valence-electron chi connectivity index (χ2n) is 5.58. The van der Waals surface area contributed by atoms with Crippen LogP contribution < -0.4 is 15.4 Å². The molecule has 6 nitrogen and oxygen atoms in total. The van der Waals surface area contributed by atoms with Crippen molar-refractivity contribution in [1.29, 1.82) is 0 Å². The van der Waals surface area contributed by atoms with Gasteiger partial charge in [0.15, 0.2) is 5.96 Å². The third-order valence-electron chi connectivity index (χ3n) is 3.81. The van der Waals surface area contributed by atoms with E-state index < -0.39 is 10.0 Å². The highest BCUT2D eigenvalue weighted by Gasteiger charge is 2.10. The van der Waals surface area contributed by atoms with Gasteiger partial charge in [-0.15, -0.1) is 0 Å². The van der Waals surface area contributed by atoms with Crippen LogP contribution >= 0.6 is 11.6 Å². The zero-order valence-corrected chi connectivity index (χ0v) is 16.4. The fourth-order valence-electron chi connectivity index (χ4n) is 2.29. The summed E-state index contributed by atoms with van der Waals surface area (Å²) >= 11 is 5.88. The number of rotatable bonds is 7. The normalized spacial score (nSPS) is 12.0. The molecule has 0 bridgehead atoms. The monoisotopic (exact) mass is 394 g/mol. The van der Waals surface area contributed by atoms with E-state index in [1.54, 1.807) is 31.3 Å². The van der Waals surface area contributed by atoms with Crippen molar-refractivity contribution in [2.45, 2.75) is 17.9 Å². The van der Waals surface area contributed by atoms with Crippen LogP contribution in [0, 0.1) is 0 Å². The van der Waals surface area contributed by atoms with Crippen molar-refractivity contribution in [3.8, 4) is 0 Å². The SMILES string of the molecule is CN=C(NCCc1ccc(Cl)cc1)NCc1ccc(S(=O)(=O)NC)cc1. The molecule has 2 rings (SSSR count). The zero-order chi connectivity index (χ0) is 19.0. The van der Waals surface area contributed by atoms with Gasteiger partial charge in [-0.3, -0.25) is 4.99 Å². The Bertz CT molecular complexity index is 834. The quantitative estimate of drug-likeness (QED) is 0.496. The molecule has 8 heteroatoms. The minimum atomic E-state index is -3.41. The smallest absolute Gasteiger partial charge is 0.240 e. The number of guanidine groups is 1. The van der Waals surface area contributed by atoms with Crippen molar-refractivity contribution in [2.24, 2.45) is 4.99 Å². The van der Waals surface area contributed by atoms with Crippen LogP contribution in [-0.4, -0.2) is 35.0 Å². The van der Waals surface area contributed by atoms with Gasteiger partial charge in [0.1, 0.15) is 0 Å². The third-order valence-corrected chi connectivity index (χ3v) is 5.49.